The molecular formula is C34H49N7O8. The zero-order valence-electron chi connectivity index (χ0n) is 29.1. The van der Waals surface area contributed by atoms with Crippen LogP contribution in [-0.2, 0) is 14.3 Å². The zero-order chi connectivity index (χ0) is 36.1. The van der Waals surface area contributed by atoms with E-state index in [1.54, 1.807) is 39.1 Å². The number of rotatable bonds is 12. The molecular weight excluding hydrogens is 634 g/mol. The minimum Gasteiger partial charge on any atom is -0.493 e. The van der Waals surface area contributed by atoms with Crippen LogP contribution in [0, 0.1) is 0 Å². The zero-order valence-corrected chi connectivity index (χ0v) is 29.1. The van der Waals surface area contributed by atoms with E-state index < -0.39 is 36.6 Å². The molecule has 0 atom stereocenters. The molecule has 1 saturated heterocycles. The van der Waals surface area contributed by atoms with Gasteiger partial charge in [-0.2, -0.15) is 9.88 Å². The van der Waals surface area contributed by atoms with Crippen LogP contribution in [0.5, 0.6) is 0 Å². The van der Waals surface area contributed by atoms with Gasteiger partial charge in [-0.3, -0.25) is 4.79 Å². The number of nitrogens with one attached hydrogen (secondary N) is 1. The average Bonchev–Trinajstić information content (AvgIpc) is 3.54. The summed E-state index contributed by atoms with van der Waals surface area (Å²) in [5, 5.41) is 45.8. The van der Waals surface area contributed by atoms with Crippen LogP contribution in [0.1, 0.15) is 78.7 Å². The second-order valence-corrected chi connectivity index (χ2v) is 13.5. The first-order valence-electron chi connectivity index (χ1n) is 16.5. The summed E-state index contributed by atoms with van der Waals surface area (Å²) in [4.78, 5) is 42.0. The van der Waals surface area contributed by atoms with Crippen molar-refractivity contribution in [1.82, 2.24) is 19.9 Å². The molecule has 0 aromatic carbocycles. The van der Waals surface area contributed by atoms with Gasteiger partial charge in [0, 0.05) is 24.8 Å². The Kier molecular flexibility index (Phi) is 11.5. The predicted molar refractivity (Wildman–Crippen MR) is 183 cm³/mol. The Labute approximate surface area is 286 Å². The van der Waals surface area contributed by atoms with Crippen LogP contribution >= 0.6 is 0 Å². The number of hydrogen-bond donors (Lipinski definition) is 5. The van der Waals surface area contributed by atoms with Gasteiger partial charge in [0.2, 0.25) is 5.95 Å². The largest absolute Gasteiger partial charge is 0.493 e. The maximum Gasteiger partial charge on any atom is 0.418 e. The molecule has 15 heteroatoms. The number of unbranched alkanes of at least 4 members (excludes halogenated alkanes) is 1. The van der Waals surface area contributed by atoms with Gasteiger partial charge in [0.1, 0.15) is 23.0 Å². The number of hydrogen-bond acceptors (Lipinski definition) is 14. The molecule has 0 bridgehead atoms. The number of ether oxygens (including phenoxy) is 2. The highest BCUT2D eigenvalue weighted by atomic mass is 16.6. The van der Waals surface area contributed by atoms with Crippen LogP contribution in [-0.4, -0.2) is 103 Å². The molecule has 268 valence electrons. The van der Waals surface area contributed by atoms with Crippen molar-refractivity contribution >= 4 is 41.2 Å². The molecule has 2 aromatic rings. The molecule has 1 aliphatic heterocycles. The second-order valence-electron chi connectivity index (χ2n) is 13.5. The van der Waals surface area contributed by atoms with E-state index in [4.69, 9.17) is 14.5 Å². The lowest BCUT2D eigenvalue weighted by molar-refractivity contribution is -0.372. The SMILES string of the molecule is C=C(OCCCC)/C(C=O)=C(\C)c1cnc(Nc2ccc(N3CC(O)(O)N(C(=O)OC(C)(C)C)C(O)(O)C3)cn2)nc1N(C)C1CCCC1. The molecule has 0 spiro atoms. The smallest absolute Gasteiger partial charge is 0.418 e. The minimum atomic E-state index is -2.98. The molecule has 2 aromatic heterocycles. The monoisotopic (exact) mass is 683 g/mol. The van der Waals surface area contributed by atoms with Crippen molar-refractivity contribution in [2.75, 3.05) is 41.9 Å². The highest BCUT2D eigenvalue weighted by molar-refractivity contribution is 5.93. The van der Waals surface area contributed by atoms with Crippen LogP contribution in [0.15, 0.2) is 42.4 Å². The predicted octanol–water partition coefficient (Wildman–Crippen LogP) is 3.63. The number of aliphatic hydroxyl groups is 4. The Morgan fingerprint density at radius 2 is 1.78 bits per heavy atom. The summed E-state index contributed by atoms with van der Waals surface area (Å²) in [6, 6.07) is 3.44. The fourth-order valence-electron chi connectivity index (χ4n) is 5.90. The highest BCUT2D eigenvalue weighted by Crippen LogP contribution is 2.35. The van der Waals surface area contributed by atoms with Gasteiger partial charge in [-0.1, -0.05) is 32.8 Å². The lowest BCUT2D eigenvalue weighted by Crippen LogP contribution is -2.75. The number of β-amino-alcohol motifs (C(OH)–C–C–N with tert-alkyl or cyclic N) is 4. The van der Waals surface area contributed by atoms with Crippen molar-refractivity contribution in [3.63, 3.8) is 0 Å². The number of pyridine rings is 1. The van der Waals surface area contributed by atoms with Gasteiger partial charge >= 0.3 is 6.09 Å². The Bertz CT molecular complexity index is 1510. The molecule has 0 radical (unpaired) electrons. The number of aldehydes is 1. The maximum atomic E-state index is 12.6. The number of aromatic nitrogens is 3. The van der Waals surface area contributed by atoms with Crippen molar-refractivity contribution < 1.29 is 39.5 Å². The van der Waals surface area contributed by atoms with Crippen LogP contribution in [0.4, 0.5) is 28.1 Å². The average molecular weight is 684 g/mol. The number of amides is 1. The molecule has 1 aliphatic carbocycles. The summed E-state index contributed by atoms with van der Waals surface area (Å²) < 4.78 is 10.9. The first-order valence-corrected chi connectivity index (χ1v) is 16.5. The van der Waals surface area contributed by atoms with E-state index in [2.05, 4.69) is 33.7 Å². The molecule has 5 N–H and O–H groups in total. The first-order chi connectivity index (χ1) is 23.0. The van der Waals surface area contributed by atoms with Gasteiger partial charge in [-0.05, 0) is 64.7 Å². The van der Waals surface area contributed by atoms with E-state index >= 15 is 0 Å². The van der Waals surface area contributed by atoms with Gasteiger partial charge in [-0.15, -0.1) is 0 Å². The Morgan fingerprint density at radius 3 is 2.33 bits per heavy atom. The standard InChI is InChI=1S/C34H49N7O8/c1-8-9-16-48-23(3)27(19-42)22(2)26-18-36-30(38-29(26)39(7)24-12-10-11-13-24)37-28-15-14-25(17-35-28)40-20-33(44,45)41(34(46,47)21-40)31(43)49-32(4,5)6/h14-15,17-19,24,44-47H,3,8-13,16,20-21H2,1-2,4-7H3,(H,35,36,37,38)/b27-22+. The third kappa shape index (κ3) is 9.03. The molecule has 4 rings (SSSR count). The first kappa shape index (κ1) is 37.5. The molecule has 3 heterocycles. The molecule has 2 fully saturated rings. The van der Waals surface area contributed by atoms with Crippen molar-refractivity contribution in [1.29, 1.82) is 0 Å². The van der Waals surface area contributed by atoms with Crippen molar-refractivity contribution in [3.8, 4) is 0 Å². The maximum absolute atomic E-state index is 12.6. The molecule has 49 heavy (non-hydrogen) atoms. The van der Waals surface area contributed by atoms with E-state index in [9.17, 15) is 30.0 Å². The minimum absolute atomic E-state index is 0.0938. The number of allylic oxidation sites excluding steroid dienone is 2. The Balaban J connectivity index is 1.57. The van der Waals surface area contributed by atoms with E-state index in [1.807, 2.05) is 14.0 Å². The van der Waals surface area contributed by atoms with Gasteiger partial charge in [0.25, 0.3) is 11.8 Å². The van der Waals surface area contributed by atoms with Crippen molar-refractivity contribution in [3.05, 3.63) is 48.0 Å². The molecule has 1 amide bonds. The van der Waals surface area contributed by atoms with Crippen LogP contribution in [0.2, 0.25) is 0 Å². The molecule has 1 saturated carbocycles. The molecule has 15 nitrogen and oxygen atoms in total. The van der Waals surface area contributed by atoms with Crippen LogP contribution in [0.25, 0.3) is 5.57 Å². The normalized spacial score (nSPS) is 18.1. The summed E-state index contributed by atoms with van der Waals surface area (Å²) in [5.74, 6) is -4.43. The van der Waals surface area contributed by atoms with Gasteiger partial charge in [-0.25, -0.2) is 14.8 Å². The Morgan fingerprint density at radius 1 is 1.12 bits per heavy atom. The summed E-state index contributed by atoms with van der Waals surface area (Å²) in [6.45, 7) is 11.8. The van der Waals surface area contributed by atoms with Crippen LogP contribution in [0.3, 0.4) is 0 Å². The molecule has 2 aliphatic rings. The number of nitrogens with zero attached hydrogens (tertiary/aromatic N) is 6. The molecule has 0 unspecified atom stereocenters. The number of anilines is 4. The lowest BCUT2D eigenvalue weighted by Gasteiger charge is -2.50. The highest BCUT2D eigenvalue weighted by Gasteiger charge is 2.56. The van der Waals surface area contributed by atoms with Crippen molar-refractivity contribution in [2.24, 2.45) is 0 Å². The number of carbonyl (C=O) groups excluding carboxylic acids is 2. The Hall–Kier alpha value is -4.31. The van der Waals surface area contributed by atoms with Gasteiger partial charge in [0.15, 0.2) is 6.29 Å². The lowest BCUT2D eigenvalue weighted by atomic mass is 10.0. The van der Waals surface area contributed by atoms with E-state index in [1.165, 1.54) is 11.1 Å². The van der Waals surface area contributed by atoms with E-state index in [0.29, 0.717) is 46.4 Å². The third-order valence-corrected chi connectivity index (χ3v) is 8.43. The van der Waals surface area contributed by atoms with E-state index in [0.717, 1.165) is 44.8 Å². The summed E-state index contributed by atoms with van der Waals surface area (Å²) in [6.07, 6.45) is 8.54. The van der Waals surface area contributed by atoms with E-state index in [-0.39, 0.29) is 16.9 Å². The third-order valence-electron chi connectivity index (χ3n) is 8.43. The summed E-state index contributed by atoms with van der Waals surface area (Å²) >= 11 is 0. The van der Waals surface area contributed by atoms with Gasteiger partial charge < -0.3 is 45.0 Å². The summed E-state index contributed by atoms with van der Waals surface area (Å²) in [7, 11) is 1.98. The quantitative estimate of drug-likeness (QED) is 0.0544. The van der Waals surface area contributed by atoms with Crippen molar-refractivity contribution in [2.45, 2.75) is 96.6 Å². The van der Waals surface area contributed by atoms with Gasteiger partial charge in [0.05, 0.1) is 37.2 Å². The topological polar surface area (TPSA) is 194 Å². The summed E-state index contributed by atoms with van der Waals surface area (Å²) in [5.41, 5.74) is 0.954. The number of piperazine rings is 1. The fraction of sp³-hybridized carbons (Fsp3) is 0.559. The fourth-order valence-corrected chi connectivity index (χ4v) is 5.90. The second kappa shape index (κ2) is 15.1. The number of carbonyl (C=O) groups is 2. The van der Waals surface area contributed by atoms with Crippen LogP contribution < -0.4 is 15.1 Å².